The fourth-order valence-electron chi connectivity index (χ4n) is 5.35. The first kappa shape index (κ1) is 25.0. The molecule has 0 bridgehead atoms. The molecule has 0 fully saturated rings. The van der Waals surface area contributed by atoms with Crippen LogP contribution < -0.4 is 19.1 Å². The molecular formula is C35H25ClN2O3. The van der Waals surface area contributed by atoms with E-state index in [4.69, 9.17) is 30.8 Å². The zero-order chi connectivity index (χ0) is 27.9. The number of benzene rings is 5. The summed E-state index contributed by atoms with van der Waals surface area (Å²) in [6.07, 6.45) is 0. The van der Waals surface area contributed by atoms with Crippen LogP contribution in [0.5, 0.6) is 23.0 Å². The molecule has 0 amide bonds. The lowest BCUT2D eigenvalue weighted by Crippen LogP contribution is -2.16. The quantitative estimate of drug-likeness (QED) is 0.211. The highest BCUT2D eigenvalue weighted by atomic mass is 35.5. The third-order valence-electron chi connectivity index (χ3n) is 7.29. The van der Waals surface area contributed by atoms with Crippen molar-refractivity contribution in [3.8, 4) is 45.4 Å². The largest absolute Gasteiger partial charge is 0.497 e. The van der Waals surface area contributed by atoms with E-state index in [-0.39, 0.29) is 0 Å². The average molecular weight is 557 g/mol. The van der Waals surface area contributed by atoms with E-state index in [9.17, 15) is 0 Å². The number of aromatic nitrogens is 1. The molecule has 5 aromatic carbocycles. The highest BCUT2D eigenvalue weighted by molar-refractivity contribution is 6.30. The fraction of sp³-hybridized carbons (Fsp3) is 0.0571. The predicted octanol–water partition coefficient (Wildman–Crippen LogP) is 9.81. The van der Waals surface area contributed by atoms with E-state index in [1.54, 1.807) is 14.2 Å². The van der Waals surface area contributed by atoms with Gasteiger partial charge in [-0.1, -0.05) is 60.1 Å². The van der Waals surface area contributed by atoms with Crippen LogP contribution in [0.25, 0.3) is 33.3 Å². The molecule has 0 saturated carbocycles. The first-order valence-corrected chi connectivity index (χ1v) is 13.6. The number of halogens is 1. The molecule has 1 aliphatic heterocycles. The van der Waals surface area contributed by atoms with Gasteiger partial charge in [-0.2, -0.15) is 0 Å². The van der Waals surface area contributed by atoms with Crippen LogP contribution in [-0.2, 0) is 0 Å². The molecule has 1 aliphatic rings. The molecule has 6 aromatic rings. The van der Waals surface area contributed by atoms with Gasteiger partial charge < -0.3 is 19.1 Å². The number of hydrogen-bond donors (Lipinski definition) is 0. The van der Waals surface area contributed by atoms with Crippen LogP contribution in [0.3, 0.4) is 0 Å². The number of methoxy groups -OCH3 is 2. The molecule has 0 unspecified atom stereocenters. The van der Waals surface area contributed by atoms with Gasteiger partial charge in [-0.3, -0.25) is 0 Å². The Morgan fingerprint density at radius 3 is 1.88 bits per heavy atom. The Labute approximate surface area is 243 Å². The van der Waals surface area contributed by atoms with Crippen LogP contribution in [0.15, 0.2) is 115 Å². The Balaban J connectivity index is 1.55. The van der Waals surface area contributed by atoms with Crippen LogP contribution in [0.2, 0.25) is 5.02 Å². The number of ether oxygens (including phenoxy) is 3. The summed E-state index contributed by atoms with van der Waals surface area (Å²) in [5, 5.41) is 1.67. The lowest BCUT2D eigenvalue weighted by molar-refractivity contribution is 0.394. The van der Waals surface area contributed by atoms with E-state index >= 15 is 0 Å². The zero-order valence-corrected chi connectivity index (χ0v) is 23.2. The van der Waals surface area contributed by atoms with E-state index < -0.39 is 0 Å². The molecule has 5 nitrogen and oxygen atoms in total. The molecule has 200 valence electrons. The molecule has 6 heteroatoms. The van der Waals surface area contributed by atoms with E-state index in [2.05, 4.69) is 41.3 Å². The van der Waals surface area contributed by atoms with Crippen LogP contribution in [-0.4, -0.2) is 19.2 Å². The first-order valence-electron chi connectivity index (χ1n) is 13.2. The number of anilines is 3. The second kappa shape index (κ2) is 10.2. The maximum atomic E-state index is 6.29. The molecule has 0 atom stereocenters. The van der Waals surface area contributed by atoms with Gasteiger partial charge in [-0.05, 0) is 71.8 Å². The minimum Gasteiger partial charge on any atom is -0.497 e. The molecule has 41 heavy (non-hydrogen) atoms. The van der Waals surface area contributed by atoms with Gasteiger partial charge in [0.15, 0.2) is 11.5 Å². The Morgan fingerprint density at radius 1 is 0.634 bits per heavy atom. The monoisotopic (exact) mass is 556 g/mol. The predicted molar refractivity (Wildman–Crippen MR) is 165 cm³/mol. The summed E-state index contributed by atoms with van der Waals surface area (Å²) >= 11 is 6.24. The first-order chi connectivity index (χ1) is 20.1. The summed E-state index contributed by atoms with van der Waals surface area (Å²) < 4.78 is 17.5. The summed E-state index contributed by atoms with van der Waals surface area (Å²) in [5.41, 5.74) is 7.45. The van der Waals surface area contributed by atoms with Gasteiger partial charge in [-0.25, -0.2) is 4.98 Å². The maximum absolute atomic E-state index is 6.29. The number of para-hydroxylation sites is 5. The highest BCUT2D eigenvalue weighted by Gasteiger charge is 2.27. The van der Waals surface area contributed by atoms with Gasteiger partial charge in [0.05, 0.1) is 42.5 Å². The smallest absolute Gasteiger partial charge is 0.151 e. The van der Waals surface area contributed by atoms with Gasteiger partial charge >= 0.3 is 0 Å². The minimum absolute atomic E-state index is 0.675. The van der Waals surface area contributed by atoms with Gasteiger partial charge in [0, 0.05) is 22.0 Å². The molecular weight excluding hydrogens is 532 g/mol. The van der Waals surface area contributed by atoms with Crippen LogP contribution in [0.1, 0.15) is 0 Å². The molecule has 0 aliphatic carbocycles. The third-order valence-corrected chi connectivity index (χ3v) is 7.55. The van der Waals surface area contributed by atoms with Crippen molar-refractivity contribution in [2.75, 3.05) is 19.1 Å². The van der Waals surface area contributed by atoms with E-state index in [1.807, 2.05) is 78.9 Å². The standard InChI is InChI=1S/C35H25ClN2O3/c1-39-25-18-23(19-26(20-25)40-2)28-21-29(22-14-16-24(36)17-15-22)37-35-27(28)8-7-11-32(35)38-30-9-3-5-12-33(30)41-34-13-6-4-10-31(34)38/h3-21H,1-2H3. The molecule has 7 rings (SSSR count). The van der Waals surface area contributed by atoms with Gasteiger partial charge in [-0.15, -0.1) is 0 Å². The van der Waals surface area contributed by atoms with Crippen molar-refractivity contribution >= 4 is 39.6 Å². The van der Waals surface area contributed by atoms with Crippen molar-refractivity contribution in [2.24, 2.45) is 0 Å². The van der Waals surface area contributed by atoms with Crippen LogP contribution in [0.4, 0.5) is 17.1 Å². The number of pyridine rings is 1. The third kappa shape index (κ3) is 4.41. The Hall–Kier alpha value is -5.00. The van der Waals surface area contributed by atoms with E-state index in [1.165, 1.54) is 0 Å². The summed E-state index contributed by atoms with van der Waals surface area (Å²) in [6.45, 7) is 0. The maximum Gasteiger partial charge on any atom is 0.151 e. The van der Waals surface area contributed by atoms with Crippen molar-refractivity contribution in [1.82, 2.24) is 4.98 Å². The molecule has 0 spiro atoms. The summed E-state index contributed by atoms with van der Waals surface area (Å²) in [7, 11) is 3.32. The van der Waals surface area contributed by atoms with Crippen molar-refractivity contribution in [3.63, 3.8) is 0 Å². The molecule has 1 aromatic heterocycles. The van der Waals surface area contributed by atoms with Crippen LogP contribution in [0, 0.1) is 0 Å². The molecule has 0 saturated heterocycles. The number of rotatable bonds is 5. The summed E-state index contributed by atoms with van der Waals surface area (Å²) in [4.78, 5) is 7.51. The SMILES string of the molecule is COc1cc(OC)cc(-c2cc(-c3ccc(Cl)cc3)nc3c(N4c5ccccc5Oc5ccccc54)cccc23)c1. The van der Waals surface area contributed by atoms with Gasteiger partial charge in [0.25, 0.3) is 0 Å². The lowest BCUT2D eigenvalue weighted by Gasteiger charge is -2.33. The van der Waals surface area contributed by atoms with Crippen LogP contribution >= 0.6 is 11.6 Å². The van der Waals surface area contributed by atoms with Crippen molar-refractivity contribution in [1.29, 1.82) is 0 Å². The van der Waals surface area contributed by atoms with E-state index in [0.29, 0.717) is 16.5 Å². The molecule has 2 heterocycles. The lowest BCUT2D eigenvalue weighted by atomic mass is 9.96. The molecule has 0 N–H and O–H groups in total. The average Bonchev–Trinajstić information content (AvgIpc) is 3.03. The molecule has 0 radical (unpaired) electrons. The van der Waals surface area contributed by atoms with Crippen molar-refractivity contribution in [3.05, 3.63) is 120 Å². The fourth-order valence-corrected chi connectivity index (χ4v) is 5.47. The summed E-state index contributed by atoms with van der Waals surface area (Å²) in [6, 6.07) is 38.2. The van der Waals surface area contributed by atoms with Gasteiger partial charge in [0.1, 0.15) is 11.5 Å². The topological polar surface area (TPSA) is 43.8 Å². The number of nitrogens with zero attached hydrogens (tertiary/aromatic N) is 2. The zero-order valence-electron chi connectivity index (χ0n) is 22.5. The second-order valence-corrected chi connectivity index (χ2v) is 10.1. The summed E-state index contributed by atoms with van der Waals surface area (Å²) in [5.74, 6) is 3.00. The highest BCUT2D eigenvalue weighted by Crippen LogP contribution is 2.52. The Bertz CT molecular complexity index is 1850. The van der Waals surface area contributed by atoms with Gasteiger partial charge in [0.2, 0.25) is 0 Å². The normalized spacial score (nSPS) is 11.9. The number of hydrogen-bond acceptors (Lipinski definition) is 5. The van der Waals surface area contributed by atoms with E-state index in [0.717, 1.165) is 61.8 Å². The van der Waals surface area contributed by atoms with Crippen molar-refractivity contribution < 1.29 is 14.2 Å². The Kier molecular flexibility index (Phi) is 6.22. The second-order valence-electron chi connectivity index (χ2n) is 9.71. The Morgan fingerprint density at radius 2 is 1.24 bits per heavy atom. The minimum atomic E-state index is 0.675. The van der Waals surface area contributed by atoms with Crippen molar-refractivity contribution in [2.45, 2.75) is 0 Å². The number of fused-ring (bicyclic) bond motifs is 3.